The second-order valence-electron chi connectivity index (χ2n) is 9.01. The van der Waals surface area contributed by atoms with Crippen molar-refractivity contribution in [2.75, 3.05) is 0 Å². The van der Waals surface area contributed by atoms with E-state index < -0.39 is 0 Å². The van der Waals surface area contributed by atoms with Crippen LogP contribution in [-0.2, 0) is 6.42 Å². The van der Waals surface area contributed by atoms with Gasteiger partial charge in [0.2, 0.25) is 0 Å². The molecule has 1 heterocycles. The second-order valence-corrected chi connectivity index (χ2v) is 9.01. The maximum atomic E-state index is 5.18. The molecule has 3 aromatic rings. The standard InChI is InChI=1S/C29H36N2/c1-7-8-13-23-18-27(31-28(19-23)24-14-10-9-11-15-24)22(6)30-29-25(20(2)3)16-12-17-26(29)21(4)5/h9-12,14-21H,7-8,13H2,1-6H3. The summed E-state index contributed by atoms with van der Waals surface area (Å²) in [6.45, 7) is 13.3. The summed E-state index contributed by atoms with van der Waals surface area (Å²) in [6.07, 6.45) is 3.44. The normalized spacial score (nSPS) is 12.1. The summed E-state index contributed by atoms with van der Waals surface area (Å²) in [5.74, 6) is 0.850. The van der Waals surface area contributed by atoms with Crippen molar-refractivity contribution in [1.82, 2.24) is 4.98 Å². The minimum absolute atomic E-state index is 0.425. The summed E-state index contributed by atoms with van der Waals surface area (Å²) < 4.78 is 0. The van der Waals surface area contributed by atoms with E-state index in [1.807, 2.05) is 6.07 Å². The maximum Gasteiger partial charge on any atom is 0.0852 e. The zero-order valence-corrected chi connectivity index (χ0v) is 19.9. The van der Waals surface area contributed by atoms with Crippen LogP contribution in [-0.4, -0.2) is 10.7 Å². The van der Waals surface area contributed by atoms with Gasteiger partial charge >= 0.3 is 0 Å². The van der Waals surface area contributed by atoms with Crippen LogP contribution in [0.15, 0.2) is 65.7 Å². The molecule has 1 aromatic heterocycles. The quantitative estimate of drug-likeness (QED) is 0.340. The highest BCUT2D eigenvalue weighted by Gasteiger charge is 2.15. The topological polar surface area (TPSA) is 25.2 Å². The van der Waals surface area contributed by atoms with E-state index in [0.717, 1.165) is 34.8 Å². The number of benzene rings is 2. The van der Waals surface area contributed by atoms with Gasteiger partial charge in [-0.25, -0.2) is 4.98 Å². The minimum atomic E-state index is 0.425. The number of hydrogen-bond acceptors (Lipinski definition) is 2. The lowest BCUT2D eigenvalue weighted by Crippen LogP contribution is -2.04. The van der Waals surface area contributed by atoms with Gasteiger partial charge in [-0.05, 0) is 60.4 Å². The molecule has 0 atom stereocenters. The zero-order chi connectivity index (χ0) is 22.4. The number of pyridine rings is 1. The van der Waals surface area contributed by atoms with E-state index in [4.69, 9.17) is 9.98 Å². The van der Waals surface area contributed by atoms with Crippen molar-refractivity contribution in [3.8, 4) is 11.3 Å². The van der Waals surface area contributed by atoms with E-state index in [-0.39, 0.29) is 0 Å². The zero-order valence-electron chi connectivity index (χ0n) is 19.9. The second kappa shape index (κ2) is 10.5. The third-order valence-corrected chi connectivity index (χ3v) is 5.77. The van der Waals surface area contributed by atoms with Gasteiger partial charge in [-0.1, -0.05) is 89.6 Å². The first-order valence-corrected chi connectivity index (χ1v) is 11.7. The van der Waals surface area contributed by atoms with Gasteiger partial charge in [-0.3, -0.25) is 4.99 Å². The molecule has 0 saturated heterocycles. The van der Waals surface area contributed by atoms with Crippen LogP contribution in [0.25, 0.3) is 11.3 Å². The molecule has 0 saturated carbocycles. The van der Waals surface area contributed by atoms with Gasteiger partial charge in [0.1, 0.15) is 0 Å². The number of nitrogens with zero attached hydrogens (tertiary/aromatic N) is 2. The molecule has 0 N–H and O–H groups in total. The van der Waals surface area contributed by atoms with Crippen LogP contribution in [0.5, 0.6) is 0 Å². The highest BCUT2D eigenvalue weighted by atomic mass is 14.8. The smallest absolute Gasteiger partial charge is 0.0852 e. The minimum Gasteiger partial charge on any atom is -0.251 e. The van der Waals surface area contributed by atoms with Crippen molar-refractivity contribution in [2.24, 2.45) is 4.99 Å². The van der Waals surface area contributed by atoms with Crippen LogP contribution < -0.4 is 0 Å². The first-order valence-electron chi connectivity index (χ1n) is 11.7. The molecule has 0 unspecified atom stereocenters. The molecule has 0 aliphatic heterocycles. The van der Waals surface area contributed by atoms with E-state index >= 15 is 0 Å². The van der Waals surface area contributed by atoms with E-state index in [0.29, 0.717) is 11.8 Å². The fraction of sp³-hybridized carbons (Fsp3) is 0.379. The average molecular weight is 413 g/mol. The molecule has 0 aliphatic rings. The number of unbranched alkanes of at least 4 members (excludes halogenated alkanes) is 1. The Bertz CT molecular complexity index is 1000. The summed E-state index contributed by atoms with van der Waals surface area (Å²) in [5, 5.41) is 0. The number of hydrogen-bond donors (Lipinski definition) is 0. The molecule has 0 spiro atoms. The van der Waals surface area contributed by atoms with Gasteiger partial charge in [-0.15, -0.1) is 0 Å². The van der Waals surface area contributed by atoms with Gasteiger partial charge in [-0.2, -0.15) is 0 Å². The van der Waals surface area contributed by atoms with E-state index in [1.54, 1.807) is 0 Å². The Kier molecular flexibility index (Phi) is 7.79. The Hall–Kier alpha value is -2.74. The van der Waals surface area contributed by atoms with E-state index in [2.05, 4.69) is 96.1 Å². The molecular formula is C29H36N2. The predicted octanol–water partition coefficient (Wildman–Crippen LogP) is 8.48. The third-order valence-electron chi connectivity index (χ3n) is 5.77. The highest BCUT2D eigenvalue weighted by molar-refractivity contribution is 5.99. The fourth-order valence-corrected chi connectivity index (χ4v) is 3.92. The number of rotatable bonds is 8. The third kappa shape index (κ3) is 5.70. The molecule has 0 radical (unpaired) electrons. The molecule has 2 aromatic carbocycles. The molecule has 0 bridgehead atoms. The van der Waals surface area contributed by atoms with Crippen LogP contribution >= 0.6 is 0 Å². The molecule has 0 fully saturated rings. The van der Waals surface area contributed by atoms with Gasteiger partial charge in [0.25, 0.3) is 0 Å². The fourth-order valence-electron chi connectivity index (χ4n) is 3.92. The predicted molar refractivity (Wildman–Crippen MR) is 135 cm³/mol. The Labute approximate surface area is 188 Å². The Morgan fingerprint density at radius 2 is 1.52 bits per heavy atom. The number of aromatic nitrogens is 1. The van der Waals surface area contributed by atoms with Gasteiger partial charge in [0, 0.05) is 5.56 Å². The summed E-state index contributed by atoms with van der Waals surface area (Å²) >= 11 is 0. The first kappa shape index (κ1) is 22.9. The number of para-hydroxylation sites is 1. The Morgan fingerprint density at radius 3 is 2.10 bits per heavy atom. The lowest BCUT2D eigenvalue weighted by Gasteiger charge is -2.17. The maximum absolute atomic E-state index is 5.18. The van der Waals surface area contributed by atoms with Crippen LogP contribution in [0.2, 0.25) is 0 Å². The van der Waals surface area contributed by atoms with Crippen LogP contribution in [0.3, 0.4) is 0 Å². The van der Waals surface area contributed by atoms with Gasteiger partial charge in [0.15, 0.2) is 0 Å². The molecule has 31 heavy (non-hydrogen) atoms. The molecular weight excluding hydrogens is 376 g/mol. The van der Waals surface area contributed by atoms with Gasteiger partial charge < -0.3 is 0 Å². The number of aryl methyl sites for hydroxylation is 1. The van der Waals surface area contributed by atoms with Crippen LogP contribution in [0.4, 0.5) is 5.69 Å². The summed E-state index contributed by atoms with van der Waals surface area (Å²) in [7, 11) is 0. The van der Waals surface area contributed by atoms with Crippen LogP contribution in [0, 0.1) is 0 Å². The molecule has 0 amide bonds. The van der Waals surface area contributed by atoms with E-state index in [1.165, 1.54) is 29.5 Å². The largest absolute Gasteiger partial charge is 0.251 e. The molecule has 162 valence electrons. The van der Waals surface area contributed by atoms with Crippen molar-refractivity contribution in [1.29, 1.82) is 0 Å². The van der Waals surface area contributed by atoms with Crippen molar-refractivity contribution >= 4 is 11.4 Å². The molecule has 0 aliphatic carbocycles. The van der Waals surface area contributed by atoms with Crippen molar-refractivity contribution in [2.45, 2.75) is 72.6 Å². The summed E-state index contributed by atoms with van der Waals surface area (Å²) in [6, 6.07) is 21.5. The lowest BCUT2D eigenvalue weighted by molar-refractivity contribution is 0.794. The summed E-state index contributed by atoms with van der Waals surface area (Å²) in [4.78, 5) is 10.2. The number of aliphatic imine (C=N–C) groups is 1. The molecule has 3 rings (SSSR count). The van der Waals surface area contributed by atoms with Crippen molar-refractivity contribution in [3.63, 3.8) is 0 Å². The first-order chi connectivity index (χ1) is 14.9. The van der Waals surface area contributed by atoms with Crippen molar-refractivity contribution < 1.29 is 0 Å². The molecule has 2 nitrogen and oxygen atoms in total. The highest BCUT2D eigenvalue weighted by Crippen LogP contribution is 2.35. The Morgan fingerprint density at radius 1 is 0.871 bits per heavy atom. The van der Waals surface area contributed by atoms with Crippen LogP contribution in [0.1, 0.15) is 88.6 Å². The van der Waals surface area contributed by atoms with E-state index in [9.17, 15) is 0 Å². The molecule has 2 heteroatoms. The average Bonchev–Trinajstić information content (AvgIpc) is 2.77. The van der Waals surface area contributed by atoms with Gasteiger partial charge in [0.05, 0.1) is 22.8 Å². The Balaban J connectivity index is 2.13. The lowest BCUT2D eigenvalue weighted by atomic mass is 9.93. The SMILES string of the molecule is CCCCc1cc(C(C)=Nc2c(C(C)C)cccc2C(C)C)nc(-c2ccccc2)c1. The van der Waals surface area contributed by atoms with Crippen molar-refractivity contribution in [3.05, 3.63) is 83.0 Å². The summed E-state index contributed by atoms with van der Waals surface area (Å²) in [5.41, 5.74) is 9.19. The monoisotopic (exact) mass is 412 g/mol.